The average Bonchev–Trinajstić information content (AvgIpc) is 2.77. The highest BCUT2D eigenvalue weighted by atomic mass is 35.5. The van der Waals surface area contributed by atoms with Crippen LogP contribution in [0.2, 0.25) is 5.02 Å². The molecule has 9 heteroatoms. The van der Waals surface area contributed by atoms with Crippen LogP contribution in [0.3, 0.4) is 0 Å². The van der Waals surface area contributed by atoms with Crippen LogP contribution < -0.4 is 9.04 Å². The minimum absolute atomic E-state index is 0.000526. The number of rotatable bonds is 9. The Labute approximate surface area is 197 Å². The molecule has 0 aliphatic carbocycles. The van der Waals surface area contributed by atoms with Crippen molar-refractivity contribution in [3.05, 3.63) is 88.4 Å². The second-order valence-corrected chi connectivity index (χ2v) is 9.49. The molecule has 0 aliphatic rings. The van der Waals surface area contributed by atoms with Crippen LogP contribution in [0, 0.1) is 18.3 Å². The molecule has 0 aliphatic heterocycles. The smallest absolute Gasteiger partial charge is 0.324 e. The van der Waals surface area contributed by atoms with E-state index < -0.39 is 22.5 Å². The van der Waals surface area contributed by atoms with Crippen molar-refractivity contribution in [2.75, 3.05) is 17.5 Å². The van der Waals surface area contributed by atoms with Crippen LogP contribution in [0.25, 0.3) is 0 Å². The molecule has 0 radical (unpaired) electrons. The number of hydrogen-bond donors (Lipinski definition) is 1. The molecule has 0 atom stereocenters. The molecule has 0 saturated heterocycles. The summed E-state index contributed by atoms with van der Waals surface area (Å²) >= 11 is 6.09. The number of benzene rings is 3. The highest BCUT2D eigenvalue weighted by Gasteiger charge is 2.29. The van der Waals surface area contributed by atoms with Crippen LogP contribution in [0.1, 0.15) is 16.7 Å². The number of carboxylic acid groups (broad SMARTS) is 1. The lowest BCUT2D eigenvalue weighted by atomic mass is 10.1. The second kappa shape index (κ2) is 10.4. The van der Waals surface area contributed by atoms with Gasteiger partial charge in [0.25, 0.3) is 10.0 Å². The van der Waals surface area contributed by atoms with Crippen molar-refractivity contribution in [1.29, 1.82) is 5.26 Å². The molecule has 1 N–H and O–H groups in total. The monoisotopic (exact) mass is 484 g/mol. The van der Waals surface area contributed by atoms with Crippen LogP contribution in [-0.2, 0) is 21.2 Å². The third-order valence-corrected chi connectivity index (χ3v) is 7.02. The Bertz CT molecular complexity index is 1300. The van der Waals surface area contributed by atoms with E-state index in [9.17, 15) is 18.3 Å². The van der Waals surface area contributed by atoms with Gasteiger partial charge in [-0.15, -0.1) is 0 Å². The molecule has 0 spiro atoms. The molecule has 0 amide bonds. The van der Waals surface area contributed by atoms with Crippen molar-refractivity contribution in [2.24, 2.45) is 0 Å². The van der Waals surface area contributed by atoms with E-state index >= 15 is 0 Å². The Morgan fingerprint density at radius 3 is 2.45 bits per heavy atom. The molecule has 3 aromatic carbocycles. The summed E-state index contributed by atoms with van der Waals surface area (Å²) in [5, 5.41) is 18.3. The van der Waals surface area contributed by atoms with Gasteiger partial charge >= 0.3 is 5.97 Å². The van der Waals surface area contributed by atoms with E-state index in [0.717, 1.165) is 9.87 Å². The molecule has 3 rings (SSSR count). The molecular formula is C24H21ClN2O5S. The summed E-state index contributed by atoms with van der Waals surface area (Å²) in [6.07, 6.45) is 0.575. The van der Waals surface area contributed by atoms with Gasteiger partial charge in [0.2, 0.25) is 0 Å². The quantitative estimate of drug-likeness (QED) is 0.481. The molecule has 0 saturated carbocycles. The van der Waals surface area contributed by atoms with Gasteiger partial charge in [0.15, 0.2) is 0 Å². The molecule has 3 aromatic rings. The zero-order chi connectivity index (χ0) is 24.0. The summed E-state index contributed by atoms with van der Waals surface area (Å²) in [5.74, 6) is -0.904. The van der Waals surface area contributed by atoms with Gasteiger partial charge < -0.3 is 9.84 Å². The van der Waals surface area contributed by atoms with Gasteiger partial charge in [0.05, 0.1) is 28.9 Å². The van der Waals surface area contributed by atoms with Gasteiger partial charge in [-0.05, 0) is 54.4 Å². The van der Waals surface area contributed by atoms with Crippen molar-refractivity contribution >= 4 is 33.3 Å². The first-order valence-electron chi connectivity index (χ1n) is 9.93. The Balaban J connectivity index is 1.87. The van der Waals surface area contributed by atoms with Crippen LogP contribution in [0.4, 0.5) is 5.69 Å². The van der Waals surface area contributed by atoms with Crippen molar-refractivity contribution < 1.29 is 23.1 Å². The molecule has 33 heavy (non-hydrogen) atoms. The molecule has 0 aromatic heterocycles. The number of aliphatic carboxylic acids is 1. The van der Waals surface area contributed by atoms with Gasteiger partial charge in [-0.3, -0.25) is 9.10 Å². The highest BCUT2D eigenvalue weighted by Crippen LogP contribution is 2.31. The molecular weight excluding hydrogens is 464 g/mol. The molecule has 170 valence electrons. The topological polar surface area (TPSA) is 108 Å². The predicted molar refractivity (Wildman–Crippen MR) is 125 cm³/mol. The van der Waals surface area contributed by atoms with Crippen molar-refractivity contribution in [3.8, 4) is 11.8 Å². The fourth-order valence-electron chi connectivity index (χ4n) is 3.20. The number of sulfonamides is 1. The zero-order valence-electron chi connectivity index (χ0n) is 17.7. The van der Waals surface area contributed by atoms with E-state index in [1.54, 1.807) is 37.3 Å². The van der Waals surface area contributed by atoms with E-state index in [-0.39, 0.29) is 15.6 Å². The van der Waals surface area contributed by atoms with Crippen LogP contribution in [0.5, 0.6) is 5.75 Å². The van der Waals surface area contributed by atoms with Crippen LogP contribution in [-0.4, -0.2) is 32.6 Å². The largest absolute Gasteiger partial charge is 0.493 e. The molecule has 0 bridgehead atoms. The number of carbonyl (C=O) groups is 1. The Morgan fingerprint density at radius 1 is 1.12 bits per heavy atom. The van der Waals surface area contributed by atoms with Gasteiger partial charge in [0, 0.05) is 12.5 Å². The van der Waals surface area contributed by atoms with Crippen molar-refractivity contribution in [1.82, 2.24) is 0 Å². The third kappa shape index (κ3) is 6.04. The van der Waals surface area contributed by atoms with E-state index in [2.05, 4.69) is 6.07 Å². The number of hydrogen-bond acceptors (Lipinski definition) is 5. The number of carboxylic acids is 1. The molecule has 0 unspecified atom stereocenters. The SMILES string of the molecule is Cc1cc(OCCc2ccc(C#N)cc2)cc(N(CC(=O)O)S(=O)(=O)c2ccccc2Cl)c1. The van der Waals surface area contributed by atoms with Crippen molar-refractivity contribution in [2.45, 2.75) is 18.2 Å². The van der Waals surface area contributed by atoms with Gasteiger partial charge in [-0.25, -0.2) is 8.42 Å². The second-order valence-electron chi connectivity index (χ2n) is 7.25. The summed E-state index contributed by atoms with van der Waals surface area (Å²) in [6.45, 7) is 1.30. The lowest BCUT2D eigenvalue weighted by molar-refractivity contribution is -0.135. The van der Waals surface area contributed by atoms with E-state index in [4.69, 9.17) is 21.6 Å². The Morgan fingerprint density at radius 2 is 1.82 bits per heavy atom. The first-order chi connectivity index (χ1) is 15.7. The fourth-order valence-corrected chi connectivity index (χ4v) is 5.09. The van der Waals surface area contributed by atoms with E-state index in [0.29, 0.717) is 29.9 Å². The van der Waals surface area contributed by atoms with Gasteiger partial charge in [-0.1, -0.05) is 35.9 Å². The summed E-state index contributed by atoms with van der Waals surface area (Å²) in [7, 11) is -4.24. The Kier molecular flexibility index (Phi) is 7.59. The number of nitriles is 1. The zero-order valence-corrected chi connectivity index (χ0v) is 19.3. The maximum absolute atomic E-state index is 13.3. The first-order valence-corrected chi connectivity index (χ1v) is 11.7. The molecule has 0 fully saturated rings. The summed E-state index contributed by atoms with van der Waals surface area (Å²) in [5.41, 5.74) is 2.41. The van der Waals surface area contributed by atoms with E-state index in [1.807, 2.05) is 12.1 Å². The maximum atomic E-state index is 13.3. The molecule has 7 nitrogen and oxygen atoms in total. The normalized spacial score (nSPS) is 10.9. The number of halogens is 1. The summed E-state index contributed by atoms with van der Waals surface area (Å²) in [4.78, 5) is 11.3. The number of aryl methyl sites for hydroxylation is 1. The predicted octanol–water partition coefficient (Wildman–Crippen LogP) is 4.42. The average molecular weight is 485 g/mol. The van der Waals surface area contributed by atoms with E-state index in [1.165, 1.54) is 24.3 Å². The van der Waals surface area contributed by atoms with Crippen molar-refractivity contribution in [3.63, 3.8) is 0 Å². The van der Waals surface area contributed by atoms with Crippen LogP contribution >= 0.6 is 11.6 Å². The van der Waals surface area contributed by atoms with Gasteiger partial charge in [0.1, 0.15) is 17.2 Å². The lowest BCUT2D eigenvalue weighted by Gasteiger charge is -2.24. The number of anilines is 1. The fraction of sp³-hybridized carbons (Fsp3) is 0.167. The minimum Gasteiger partial charge on any atom is -0.493 e. The number of nitrogens with zero attached hydrogens (tertiary/aromatic N) is 2. The number of ether oxygens (including phenoxy) is 1. The summed E-state index contributed by atoms with van der Waals surface area (Å²) in [6, 6.07) is 19.9. The maximum Gasteiger partial charge on any atom is 0.324 e. The summed E-state index contributed by atoms with van der Waals surface area (Å²) < 4.78 is 33.2. The first kappa shape index (κ1) is 24.1. The molecule has 0 heterocycles. The lowest BCUT2D eigenvalue weighted by Crippen LogP contribution is -2.36. The third-order valence-electron chi connectivity index (χ3n) is 4.75. The van der Waals surface area contributed by atoms with Gasteiger partial charge in [-0.2, -0.15) is 5.26 Å². The standard InChI is InChI=1S/C24H21ClN2O5S/c1-17-12-20(14-21(13-17)32-11-10-18-6-8-19(15-26)9-7-18)27(16-24(28)29)33(30,31)23-5-3-2-4-22(23)25/h2-9,12-14H,10-11,16H2,1H3,(H,28,29). The minimum atomic E-state index is -4.24. The Hall–Kier alpha value is -3.54. The van der Waals surface area contributed by atoms with Crippen LogP contribution in [0.15, 0.2) is 71.6 Å². The highest BCUT2D eigenvalue weighted by molar-refractivity contribution is 7.93.